The van der Waals surface area contributed by atoms with Crippen LogP contribution in [0.1, 0.15) is 11.1 Å². The summed E-state index contributed by atoms with van der Waals surface area (Å²) in [7, 11) is 0. The fourth-order valence-electron chi connectivity index (χ4n) is 3.64. The van der Waals surface area contributed by atoms with Crippen LogP contribution < -0.4 is 5.32 Å². The van der Waals surface area contributed by atoms with Crippen molar-refractivity contribution >= 4 is 66.0 Å². The molecular formula is C23H14Br2N2O2. The van der Waals surface area contributed by atoms with Crippen molar-refractivity contribution in [1.82, 2.24) is 4.98 Å². The van der Waals surface area contributed by atoms with Crippen LogP contribution in [0.4, 0.5) is 5.69 Å². The van der Waals surface area contributed by atoms with Gasteiger partial charge in [0.15, 0.2) is 0 Å². The van der Waals surface area contributed by atoms with Crippen LogP contribution >= 0.6 is 31.9 Å². The summed E-state index contributed by atoms with van der Waals surface area (Å²) in [5.41, 5.74) is 6.25. The van der Waals surface area contributed by atoms with Gasteiger partial charge in [0.1, 0.15) is 5.75 Å². The minimum absolute atomic E-state index is 0.130. The molecule has 4 nitrogen and oxygen atoms in total. The van der Waals surface area contributed by atoms with Gasteiger partial charge in [-0.25, -0.2) is 0 Å². The van der Waals surface area contributed by atoms with Crippen molar-refractivity contribution in [3.8, 4) is 16.9 Å². The van der Waals surface area contributed by atoms with Gasteiger partial charge in [0.05, 0.1) is 8.95 Å². The lowest BCUT2D eigenvalue weighted by molar-refractivity contribution is -0.110. The van der Waals surface area contributed by atoms with Crippen molar-refractivity contribution in [2.75, 3.05) is 5.32 Å². The highest BCUT2D eigenvalue weighted by molar-refractivity contribution is 9.11. The molecule has 0 radical (unpaired) electrons. The highest BCUT2D eigenvalue weighted by Crippen LogP contribution is 2.39. The van der Waals surface area contributed by atoms with Crippen LogP contribution in [-0.4, -0.2) is 16.0 Å². The number of amides is 1. The van der Waals surface area contributed by atoms with Gasteiger partial charge in [0.2, 0.25) is 0 Å². The van der Waals surface area contributed by atoms with E-state index in [-0.39, 0.29) is 11.7 Å². The SMILES string of the molecule is O=C1Nc2ccc(-c3c[nH]c4ccccc34)cc2C1=Cc1cc(Br)c(O)c(Br)c1. The smallest absolute Gasteiger partial charge is 0.256 e. The molecule has 6 heteroatoms. The molecule has 4 aromatic rings. The number of anilines is 1. The number of hydrogen-bond donors (Lipinski definition) is 3. The van der Waals surface area contributed by atoms with Crippen molar-refractivity contribution < 1.29 is 9.90 Å². The van der Waals surface area contributed by atoms with Crippen LogP contribution in [0.5, 0.6) is 5.75 Å². The number of hydrogen-bond acceptors (Lipinski definition) is 2. The zero-order chi connectivity index (χ0) is 20.1. The monoisotopic (exact) mass is 508 g/mol. The van der Waals surface area contributed by atoms with E-state index in [1.165, 1.54) is 0 Å². The van der Waals surface area contributed by atoms with Crippen LogP contribution in [-0.2, 0) is 4.79 Å². The summed E-state index contributed by atoms with van der Waals surface area (Å²) in [6.07, 6.45) is 3.82. The number of fused-ring (bicyclic) bond motifs is 2. The van der Waals surface area contributed by atoms with Crippen LogP contribution in [0, 0.1) is 0 Å². The van der Waals surface area contributed by atoms with Crippen LogP contribution in [0.2, 0.25) is 0 Å². The maximum Gasteiger partial charge on any atom is 0.256 e. The zero-order valence-electron chi connectivity index (χ0n) is 15.0. The van der Waals surface area contributed by atoms with Crippen molar-refractivity contribution in [3.05, 3.63) is 80.9 Å². The Morgan fingerprint density at radius 1 is 0.931 bits per heavy atom. The quantitative estimate of drug-likeness (QED) is 0.268. The number of aromatic nitrogens is 1. The third-order valence-electron chi connectivity index (χ3n) is 5.05. The van der Waals surface area contributed by atoms with Crippen molar-refractivity contribution in [3.63, 3.8) is 0 Å². The highest BCUT2D eigenvalue weighted by Gasteiger charge is 2.25. The number of aromatic hydroxyl groups is 1. The minimum Gasteiger partial charge on any atom is -0.506 e. The van der Waals surface area contributed by atoms with Crippen LogP contribution in [0.3, 0.4) is 0 Å². The van der Waals surface area contributed by atoms with Crippen molar-refractivity contribution in [2.24, 2.45) is 0 Å². The van der Waals surface area contributed by atoms with Gasteiger partial charge >= 0.3 is 0 Å². The molecule has 1 aliphatic rings. The molecule has 1 aliphatic heterocycles. The number of phenols is 1. The van der Waals surface area contributed by atoms with Gasteiger partial charge < -0.3 is 15.4 Å². The molecule has 0 saturated carbocycles. The van der Waals surface area contributed by atoms with E-state index >= 15 is 0 Å². The Morgan fingerprint density at radius 3 is 2.48 bits per heavy atom. The third-order valence-corrected chi connectivity index (χ3v) is 6.26. The Labute approximate surface area is 183 Å². The summed E-state index contributed by atoms with van der Waals surface area (Å²) in [6.45, 7) is 0. The molecule has 29 heavy (non-hydrogen) atoms. The van der Waals surface area contributed by atoms with Gasteiger partial charge in [-0.3, -0.25) is 4.79 Å². The first-order valence-electron chi connectivity index (χ1n) is 8.93. The summed E-state index contributed by atoms with van der Waals surface area (Å²) in [5, 5.41) is 14.0. The molecule has 5 rings (SSSR count). The average Bonchev–Trinajstić information content (AvgIpc) is 3.27. The number of nitrogens with one attached hydrogen (secondary N) is 2. The lowest BCUT2D eigenvalue weighted by Gasteiger charge is -2.06. The summed E-state index contributed by atoms with van der Waals surface area (Å²) in [4.78, 5) is 15.9. The summed E-state index contributed by atoms with van der Waals surface area (Å²) in [5.74, 6) is -0.0126. The molecule has 0 unspecified atom stereocenters. The molecule has 0 spiro atoms. The van der Waals surface area contributed by atoms with Gasteiger partial charge in [-0.15, -0.1) is 0 Å². The number of H-pyrrole nitrogens is 1. The standard InChI is InChI=1S/C23H14Br2N2O2/c24-18-8-12(9-19(25)22(18)28)7-16-15-10-13(5-6-21(15)27-23(16)29)17-11-26-20-4-2-1-3-14(17)20/h1-11,26,28H,(H,27,29). The normalized spacial score (nSPS) is 14.4. The number of carbonyl (C=O) groups is 1. The largest absolute Gasteiger partial charge is 0.506 e. The van der Waals surface area contributed by atoms with Crippen LogP contribution in [0.25, 0.3) is 33.7 Å². The molecular weight excluding hydrogens is 496 g/mol. The second-order valence-corrected chi connectivity index (χ2v) is 8.56. The Morgan fingerprint density at radius 2 is 1.69 bits per heavy atom. The lowest BCUT2D eigenvalue weighted by atomic mass is 9.98. The van der Waals surface area contributed by atoms with E-state index in [9.17, 15) is 9.90 Å². The molecule has 0 aliphatic carbocycles. The minimum atomic E-state index is -0.142. The molecule has 3 aromatic carbocycles. The highest BCUT2D eigenvalue weighted by atomic mass is 79.9. The number of carbonyl (C=O) groups excluding carboxylic acids is 1. The number of rotatable bonds is 2. The van der Waals surface area contributed by atoms with Crippen molar-refractivity contribution in [2.45, 2.75) is 0 Å². The first kappa shape index (κ1) is 18.2. The number of benzene rings is 3. The molecule has 3 N–H and O–H groups in total. The number of halogens is 2. The van der Waals surface area contributed by atoms with E-state index in [0.29, 0.717) is 14.5 Å². The zero-order valence-corrected chi connectivity index (χ0v) is 18.1. The maximum atomic E-state index is 12.6. The van der Waals surface area contributed by atoms with Gasteiger partial charge in [0.25, 0.3) is 5.91 Å². The molecule has 142 valence electrons. The Kier molecular flexibility index (Phi) is 4.33. The molecule has 0 atom stereocenters. The van der Waals surface area contributed by atoms with E-state index in [2.05, 4.69) is 48.2 Å². The Balaban J connectivity index is 1.64. The second-order valence-electron chi connectivity index (χ2n) is 6.85. The predicted octanol–water partition coefficient (Wildman–Crippen LogP) is 6.56. The summed E-state index contributed by atoms with van der Waals surface area (Å²) >= 11 is 6.68. The number of para-hydroxylation sites is 1. The number of phenolic OH excluding ortho intramolecular Hbond substituents is 1. The first-order chi connectivity index (χ1) is 14.0. The Hall–Kier alpha value is -2.83. The van der Waals surface area contributed by atoms with E-state index in [1.807, 2.05) is 48.7 Å². The molecule has 0 saturated heterocycles. The summed E-state index contributed by atoms with van der Waals surface area (Å²) in [6, 6.07) is 17.7. The summed E-state index contributed by atoms with van der Waals surface area (Å²) < 4.78 is 1.12. The predicted molar refractivity (Wildman–Crippen MR) is 124 cm³/mol. The molecule has 0 fully saturated rings. The molecule has 0 bridgehead atoms. The van der Waals surface area contributed by atoms with E-state index in [4.69, 9.17) is 0 Å². The molecule has 2 heterocycles. The van der Waals surface area contributed by atoms with E-state index in [1.54, 1.807) is 12.1 Å². The molecule has 1 amide bonds. The van der Waals surface area contributed by atoms with E-state index < -0.39 is 0 Å². The average molecular weight is 510 g/mol. The van der Waals surface area contributed by atoms with Gasteiger partial charge in [-0.2, -0.15) is 0 Å². The van der Waals surface area contributed by atoms with E-state index in [0.717, 1.165) is 38.8 Å². The van der Waals surface area contributed by atoms with Gasteiger partial charge in [-0.1, -0.05) is 24.3 Å². The van der Waals surface area contributed by atoms with Gasteiger partial charge in [-0.05, 0) is 79.4 Å². The third kappa shape index (κ3) is 3.09. The maximum absolute atomic E-state index is 12.6. The molecule has 1 aromatic heterocycles. The lowest BCUT2D eigenvalue weighted by Crippen LogP contribution is -2.03. The second kappa shape index (κ2) is 6.90. The topological polar surface area (TPSA) is 65.1 Å². The number of aromatic amines is 1. The fraction of sp³-hybridized carbons (Fsp3) is 0. The first-order valence-corrected chi connectivity index (χ1v) is 10.5. The van der Waals surface area contributed by atoms with Crippen molar-refractivity contribution in [1.29, 1.82) is 0 Å². The van der Waals surface area contributed by atoms with Gasteiger partial charge in [0, 0.05) is 39.5 Å². The van der Waals surface area contributed by atoms with Crippen LogP contribution in [0.15, 0.2) is 69.7 Å². The fourth-order valence-corrected chi connectivity index (χ4v) is 4.87. The Bertz CT molecular complexity index is 1310.